The Morgan fingerprint density at radius 3 is 3.12 bits per heavy atom. The van der Waals surface area contributed by atoms with Crippen molar-refractivity contribution in [3.05, 3.63) is 36.3 Å². The first-order valence-electron chi connectivity index (χ1n) is 6.29. The summed E-state index contributed by atoms with van der Waals surface area (Å²) in [5.41, 5.74) is 0. The summed E-state index contributed by atoms with van der Waals surface area (Å²) in [6.45, 7) is 7.85. The predicted octanol–water partition coefficient (Wildman–Crippen LogP) is 3.41. The van der Waals surface area contributed by atoms with E-state index in [0.717, 1.165) is 36.3 Å². The smallest absolute Gasteiger partial charge is 0.117 e. The van der Waals surface area contributed by atoms with Crippen molar-refractivity contribution < 1.29 is 4.42 Å². The van der Waals surface area contributed by atoms with Crippen LogP contribution in [-0.4, -0.2) is 18.1 Å². The zero-order chi connectivity index (χ0) is 12.1. The Bertz CT molecular complexity index is 361. The van der Waals surface area contributed by atoms with E-state index in [9.17, 15) is 0 Å². The molecule has 0 saturated heterocycles. The second-order valence-corrected chi connectivity index (χ2v) is 5.81. The van der Waals surface area contributed by atoms with Gasteiger partial charge in [0.25, 0.3) is 0 Å². The molecule has 2 nitrogen and oxygen atoms in total. The second kappa shape index (κ2) is 6.31. The van der Waals surface area contributed by atoms with Crippen LogP contribution in [0.15, 0.2) is 29.2 Å². The summed E-state index contributed by atoms with van der Waals surface area (Å²) in [6, 6.07) is 4.24. The van der Waals surface area contributed by atoms with Crippen LogP contribution in [-0.2, 0) is 6.54 Å². The van der Waals surface area contributed by atoms with Gasteiger partial charge in [0, 0.05) is 24.0 Å². The Labute approximate surface area is 108 Å². The third-order valence-corrected chi connectivity index (χ3v) is 4.08. The molecule has 0 spiro atoms. The first-order chi connectivity index (χ1) is 8.31. The molecule has 94 valence electrons. The van der Waals surface area contributed by atoms with Crippen molar-refractivity contribution in [1.29, 1.82) is 0 Å². The van der Waals surface area contributed by atoms with E-state index in [0.29, 0.717) is 5.92 Å². The average molecular weight is 251 g/mol. The summed E-state index contributed by atoms with van der Waals surface area (Å²) in [4.78, 5) is 0. The van der Waals surface area contributed by atoms with Crippen LogP contribution in [0, 0.1) is 5.92 Å². The molecule has 3 heteroatoms. The standard InChI is InChI=1S/C14H21NOS/c1-3-7-17-8-6-15-10-12-4-5-14(16-12)13-9-11(13)2/h3-5,11,13,15H,1,6-10H2,2H3. The quantitative estimate of drug-likeness (QED) is 0.566. The predicted molar refractivity (Wildman–Crippen MR) is 74.5 cm³/mol. The average Bonchev–Trinajstić information content (AvgIpc) is 2.89. The Balaban J connectivity index is 1.62. The fraction of sp³-hybridized carbons (Fsp3) is 0.571. The zero-order valence-corrected chi connectivity index (χ0v) is 11.3. The van der Waals surface area contributed by atoms with E-state index >= 15 is 0 Å². The molecule has 17 heavy (non-hydrogen) atoms. The van der Waals surface area contributed by atoms with Crippen molar-refractivity contribution in [3.8, 4) is 0 Å². The number of nitrogens with one attached hydrogen (secondary N) is 1. The third-order valence-electron chi connectivity index (χ3n) is 3.12. The molecule has 1 aromatic heterocycles. The van der Waals surface area contributed by atoms with Gasteiger partial charge < -0.3 is 9.73 Å². The Morgan fingerprint density at radius 2 is 2.41 bits per heavy atom. The van der Waals surface area contributed by atoms with Gasteiger partial charge in [-0.1, -0.05) is 13.0 Å². The second-order valence-electron chi connectivity index (χ2n) is 4.66. The lowest BCUT2D eigenvalue weighted by atomic mass is 10.3. The van der Waals surface area contributed by atoms with Gasteiger partial charge in [-0.25, -0.2) is 0 Å². The highest BCUT2D eigenvalue weighted by Gasteiger charge is 2.36. The van der Waals surface area contributed by atoms with Crippen molar-refractivity contribution in [1.82, 2.24) is 5.32 Å². The normalized spacial score (nSPS) is 22.6. The van der Waals surface area contributed by atoms with Gasteiger partial charge in [0.15, 0.2) is 0 Å². The minimum atomic E-state index is 0.687. The van der Waals surface area contributed by atoms with E-state index in [-0.39, 0.29) is 0 Å². The fourth-order valence-corrected chi connectivity index (χ4v) is 2.55. The first kappa shape index (κ1) is 12.8. The minimum absolute atomic E-state index is 0.687. The molecule has 0 radical (unpaired) electrons. The lowest BCUT2D eigenvalue weighted by Gasteiger charge is -2.01. The van der Waals surface area contributed by atoms with Gasteiger partial charge in [-0.3, -0.25) is 0 Å². The molecule has 2 unspecified atom stereocenters. The highest BCUT2D eigenvalue weighted by Crippen LogP contribution is 2.47. The third kappa shape index (κ3) is 3.93. The summed E-state index contributed by atoms with van der Waals surface area (Å²) in [6.07, 6.45) is 3.23. The van der Waals surface area contributed by atoms with Crippen LogP contribution in [0.2, 0.25) is 0 Å². The van der Waals surface area contributed by atoms with Crippen molar-refractivity contribution in [3.63, 3.8) is 0 Å². The molecule has 0 aromatic carbocycles. The van der Waals surface area contributed by atoms with Crippen LogP contribution in [0.5, 0.6) is 0 Å². The van der Waals surface area contributed by atoms with Crippen LogP contribution in [0.1, 0.15) is 30.8 Å². The van der Waals surface area contributed by atoms with Crippen molar-refractivity contribution in [2.45, 2.75) is 25.8 Å². The lowest BCUT2D eigenvalue weighted by Crippen LogP contribution is -2.16. The number of rotatable bonds is 8. The molecular formula is C14H21NOS. The number of furan rings is 1. The van der Waals surface area contributed by atoms with E-state index in [4.69, 9.17) is 4.42 Å². The molecule has 0 bridgehead atoms. The monoisotopic (exact) mass is 251 g/mol. The van der Waals surface area contributed by atoms with Crippen LogP contribution in [0.25, 0.3) is 0 Å². The summed E-state index contributed by atoms with van der Waals surface area (Å²) in [5, 5.41) is 3.40. The molecule has 1 heterocycles. The van der Waals surface area contributed by atoms with Gasteiger partial charge in [0.2, 0.25) is 0 Å². The SMILES string of the molecule is C=CCSCCNCc1ccc(C2CC2C)o1. The molecule has 1 aliphatic rings. The zero-order valence-electron chi connectivity index (χ0n) is 10.4. The molecular weight excluding hydrogens is 230 g/mol. The minimum Gasteiger partial charge on any atom is -0.464 e. The van der Waals surface area contributed by atoms with Gasteiger partial charge in [0.05, 0.1) is 6.54 Å². The van der Waals surface area contributed by atoms with Gasteiger partial charge in [0.1, 0.15) is 11.5 Å². The van der Waals surface area contributed by atoms with E-state index in [1.54, 1.807) is 0 Å². The summed E-state index contributed by atoms with van der Waals surface area (Å²) in [7, 11) is 0. The largest absolute Gasteiger partial charge is 0.464 e. The summed E-state index contributed by atoms with van der Waals surface area (Å²) in [5.74, 6) is 5.90. The van der Waals surface area contributed by atoms with Crippen LogP contribution >= 0.6 is 11.8 Å². The molecule has 2 atom stereocenters. The van der Waals surface area contributed by atoms with Gasteiger partial charge >= 0.3 is 0 Å². The van der Waals surface area contributed by atoms with Crippen molar-refractivity contribution in [2.75, 3.05) is 18.1 Å². The van der Waals surface area contributed by atoms with E-state index in [1.165, 1.54) is 12.2 Å². The molecule has 1 aliphatic carbocycles. The van der Waals surface area contributed by atoms with E-state index in [2.05, 4.69) is 31.0 Å². The Kier molecular flexibility index (Phi) is 4.75. The highest BCUT2D eigenvalue weighted by atomic mass is 32.2. The Morgan fingerprint density at radius 1 is 1.59 bits per heavy atom. The molecule has 0 amide bonds. The number of thioether (sulfide) groups is 1. The molecule has 1 saturated carbocycles. The van der Waals surface area contributed by atoms with Crippen LogP contribution < -0.4 is 5.32 Å². The summed E-state index contributed by atoms with van der Waals surface area (Å²) >= 11 is 1.90. The maximum atomic E-state index is 5.82. The van der Waals surface area contributed by atoms with Gasteiger partial charge in [-0.05, 0) is 24.5 Å². The van der Waals surface area contributed by atoms with Crippen LogP contribution in [0.4, 0.5) is 0 Å². The molecule has 1 fully saturated rings. The maximum absolute atomic E-state index is 5.82. The fourth-order valence-electron chi connectivity index (χ4n) is 1.93. The van der Waals surface area contributed by atoms with Crippen LogP contribution in [0.3, 0.4) is 0 Å². The molecule has 0 aliphatic heterocycles. The van der Waals surface area contributed by atoms with E-state index < -0.39 is 0 Å². The van der Waals surface area contributed by atoms with E-state index in [1.807, 2.05) is 17.8 Å². The first-order valence-corrected chi connectivity index (χ1v) is 7.44. The highest BCUT2D eigenvalue weighted by molar-refractivity contribution is 7.99. The topological polar surface area (TPSA) is 25.2 Å². The number of hydrogen-bond donors (Lipinski definition) is 1. The van der Waals surface area contributed by atoms with Gasteiger partial charge in [-0.15, -0.1) is 6.58 Å². The maximum Gasteiger partial charge on any atom is 0.117 e. The molecule has 1 N–H and O–H groups in total. The number of hydrogen-bond acceptors (Lipinski definition) is 3. The van der Waals surface area contributed by atoms with Crippen molar-refractivity contribution in [2.24, 2.45) is 5.92 Å². The lowest BCUT2D eigenvalue weighted by molar-refractivity contribution is 0.447. The molecule has 2 rings (SSSR count). The van der Waals surface area contributed by atoms with Crippen molar-refractivity contribution >= 4 is 11.8 Å². The Hall–Kier alpha value is -0.670. The van der Waals surface area contributed by atoms with Gasteiger partial charge in [-0.2, -0.15) is 11.8 Å². The summed E-state index contributed by atoms with van der Waals surface area (Å²) < 4.78 is 5.82. The molecule has 1 aromatic rings.